The van der Waals surface area contributed by atoms with Gasteiger partial charge in [0.25, 0.3) is 0 Å². The summed E-state index contributed by atoms with van der Waals surface area (Å²) in [6.07, 6.45) is -2.22. The third kappa shape index (κ3) is 3.69. The first-order valence-corrected chi connectivity index (χ1v) is 6.42. The molecule has 0 aliphatic heterocycles. The zero-order chi connectivity index (χ0) is 13.7. The van der Waals surface area contributed by atoms with Crippen molar-refractivity contribution in [3.63, 3.8) is 0 Å². The van der Waals surface area contributed by atoms with Crippen LogP contribution in [0.15, 0.2) is 18.2 Å². The minimum absolute atomic E-state index is 0.200. The lowest BCUT2D eigenvalue weighted by Gasteiger charge is -2.17. The van der Waals surface area contributed by atoms with Crippen LogP contribution < -0.4 is 4.74 Å². The van der Waals surface area contributed by atoms with E-state index in [1.165, 1.54) is 13.2 Å². The maximum absolute atomic E-state index is 10.7. The number of methoxy groups -OCH3 is 1. The summed E-state index contributed by atoms with van der Waals surface area (Å²) in [6, 6.07) is 4.71. The first kappa shape index (κ1) is 14.9. The number of ether oxygens (including phenoxy) is 1. The number of aliphatic hydroxyl groups excluding tert-OH is 2. The summed E-state index contributed by atoms with van der Waals surface area (Å²) in [4.78, 5) is 10.7. The van der Waals surface area contributed by atoms with Gasteiger partial charge in [-0.25, -0.2) is 0 Å². The number of halogens is 1. The highest BCUT2D eigenvalue weighted by molar-refractivity contribution is 9.09. The number of benzene rings is 1. The van der Waals surface area contributed by atoms with E-state index >= 15 is 0 Å². The molecule has 0 heterocycles. The van der Waals surface area contributed by atoms with Crippen molar-refractivity contribution in [3.8, 4) is 5.75 Å². The first-order valence-electron chi connectivity index (χ1n) is 5.30. The van der Waals surface area contributed by atoms with Crippen molar-refractivity contribution in [3.05, 3.63) is 29.3 Å². The lowest BCUT2D eigenvalue weighted by Crippen LogP contribution is -2.19. The van der Waals surface area contributed by atoms with Gasteiger partial charge in [0.2, 0.25) is 0 Å². The second-order valence-electron chi connectivity index (χ2n) is 3.81. The normalized spacial score (nSPS) is 14.0. The van der Waals surface area contributed by atoms with Crippen LogP contribution in [0.5, 0.6) is 5.75 Å². The van der Waals surface area contributed by atoms with Crippen LogP contribution in [-0.2, 0) is 11.2 Å². The molecule has 100 valence electrons. The van der Waals surface area contributed by atoms with Crippen LogP contribution in [0, 0.1) is 0 Å². The molecule has 0 spiro atoms. The third-order valence-electron chi connectivity index (χ3n) is 2.51. The summed E-state index contributed by atoms with van der Waals surface area (Å²) in [5.41, 5.74) is 0.919. The van der Waals surface area contributed by atoms with Gasteiger partial charge in [-0.15, -0.1) is 0 Å². The highest BCUT2D eigenvalue weighted by atomic mass is 79.9. The maximum Gasteiger partial charge on any atom is 0.307 e. The second-order valence-corrected chi connectivity index (χ2v) is 4.46. The average Bonchev–Trinajstić information content (AvgIpc) is 2.36. The summed E-state index contributed by atoms with van der Waals surface area (Å²) < 4.78 is 5.05. The Hall–Kier alpha value is -1.11. The highest BCUT2D eigenvalue weighted by Crippen LogP contribution is 2.26. The largest absolute Gasteiger partial charge is 0.496 e. The van der Waals surface area contributed by atoms with Gasteiger partial charge in [0, 0.05) is 10.9 Å². The summed E-state index contributed by atoms with van der Waals surface area (Å²) in [5.74, 6) is -0.539. The van der Waals surface area contributed by atoms with Gasteiger partial charge in [-0.3, -0.25) is 4.79 Å². The van der Waals surface area contributed by atoms with E-state index in [0.29, 0.717) is 16.9 Å². The molecule has 5 nitrogen and oxygen atoms in total. The standard InChI is InChI=1S/C12H15BrO5/c1-18-10-3-2-7(12(17)9(14)6-13)4-8(10)5-11(15)16/h2-4,9,12,14,17H,5-6H2,1H3,(H,15,16). The van der Waals surface area contributed by atoms with E-state index in [9.17, 15) is 15.0 Å². The van der Waals surface area contributed by atoms with Crippen molar-refractivity contribution in [2.24, 2.45) is 0 Å². The Balaban J connectivity index is 3.05. The molecule has 0 saturated carbocycles. The van der Waals surface area contributed by atoms with E-state index in [0.717, 1.165) is 0 Å². The molecule has 6 heteroatoms. The van der Waals surface area contributed by atoms with Gasteiger partial charge in [-0.2, -0.15) is 0 Å². The van der Waals surface area contributed by atoms with Gasteiger partial charge in [-0.05, 0) is 17.7 Å². The molecule has 0 saturated heterocycles. The third-order valence-corrected chi connectivity index (χ3v) is 3.17. The van der Waals surface area contributed by atoms with Crippen LogP contribution in [0.2, 0.25) is 0 Å². The molecule has 3 N–H and O–H groups in total. The number of hydrogen-bond acceptors (Lipinski definition) is 4. The van der Waals surface area contributed by atoms with E-state index in [1.54, 1.807) is 12.1 Å². The molecule has 0 aliphatic carbocycles. The van der Waals surface area contributed by atoms with E-state index in [4.69, 9.17) is 9.84 Å². The Morgan fingerprint density at radius 2 is 2.11 bits per heavy atom. The van der Waals surface area contributed by atoms with Gasteiger partial charge in [0.15, 0.2) is 0 Å². The molecule has 0 amide bonds. The van der Waals surface area contributed by atoms with Crippen molar-refractivity contribution in [2.75, 3.05) is 12.4 Å². The topological polar surface area (TPSA) is 87.0 Å². The van der Waals surface area contributed by atoms with E-state index in [2.05, 4.69) is 15.9 Å². The zero-order valence-corrected chi connectivity index (χ0v) is 11.4. The molecular formula is C12H15BrO5. The number of carboxylic acid groups (broad SMARTS) is 1. The molecule has 18 heavy (non-hydrogen) atoms. The van der Waals surface area contributed by atoms with Gasteiger partial charge >= 0.3 is 5.97 Å². The molecule has 1 aromatic rings. The molecule has 1 rings (SSSR count). The number of rotatable bonds is 6. The summed E-state index contributed by atoms with van der Waals surface area (Å²) in [7, 11) is 1.45. The minimum Gasteiger partial charge on any atom is -0.496 e. The van der Waals surface area contributed by atoms with Crippen molar-refractivity contribution in [2.45, 2.75) is 18.6 Å². The van der Waals surface area contributed by atoms with Crippen LogP contribution >= 0.6 is 15.9 Å². The second kappa shape index (κ2) is 6.72. The fourth-order valence-electron chi connectivity index (χ4n) is 1.59. The SMILES string of the molecule is COc1ccc(C(O)C(O)CBr)cc1CC(=O)O. The Bertz CT molecular complexity index is 421. The summed E-state index contributed by atoms with van der Waals surface area (Å²) in [6.45, 7) is 0. The molecule has 2 atom stereocenters. The van der Waals surface area contributed by atoms with Gasteiger partial charge in [0.05, 0.1) is 19.6 Å². The predicted octanol–water partition coefficient (Wildman–Crippen LogP) is 1.11. The zero-order valence-electron chi connectivity index (χ0n) is 9.84. The number of carbonyl (C=O) groups is 1. The van der Waals surface area contributed by atoms with Crippen LogP contribution in [-0.4, -0.2) is 39.8 Å². The monoisotopic (exact) mass is 318 g/mol. The molecular weight excluding hydrogens is 304 g/mol. The Morgan fingerprint density at radius 3 is 2.61 bits per heavy atom. The lowest BCUT2D eigenvalue weighted by molar-refractivity contribution is -0.136. The van der Waals surface area contributed by atoms with Crippen LogP contribution in [0.25, 0.3) is 0 Å². The molecule has 0 fully saturated rings. The van der Waals surface area contributed by atoms with Gasteiger partial charge in [-0.1, -0.05) is 22.0 Å². The van der Waals surface area contributed by atoms with Gasteiger partial charge < -0.3 is 20.1 Å². The highest BCUT2D eigenvalue weighted by Gasteiger charge is 2.19. The lowest BCUT2D eigenvalue weighted by atomic mass is 10.0. The minimum atomic E-state index is -1.07. The van der Waals surface area contributed by atoms with E-state index in [-0.39, 0.29) is 11.8 Å². The Morgan fingerprint density at radius 1 is 1.44 bits per heavy atom. The fourth-order valence-corrected chi connectivity index (χ4v) is 1.94. The molecule has 0 aromatic heterocycles. The van der Waals surface area contributed by atoms with Gasteiger partial charge in [0.1, 0.15) is 11.9 Å². The summed E-state index contributed by atoms with van der Waals surface area (Å²) in [5, 5.41) is 28.4. The van der Waals surface area contributed by atoms with E-state index < -0.39 is 18.2 Å². The van der Waals surface area contributed by atoms with E-state index in [1.807, 2.05) is 0 Å². The van der Waals surface area contributed by atoms with Crippen molar-refractivity contribution in [1.29, 1.82) is 0 Å². The molecule has 1 aromatic carbocycles. The van der Waals surface area contributed by atoms with Crippen molar-refractivity contribution < 1.29 is 24.9 Å². The fraction of sp³-hybridized carbons (Fsp3) is 0.417. The van der Waals surface area contributed by atoms with Crippen LogP contribution in [0.1, 0.15) is 17.2 Å². The number of carboxylic acids is 1. The van der Waals surface area contributed by atoms with Crippen LogP contribution in [0.4, 0.5) is 0 Å². The van der Waals surface area contributed by atoms with Crippen LogP contribution in [0.3, 0.4) is 0 Å². The smallest absolute Gasteiger partial charge is 0.307 e. The Kier molecular flexibility index (Phi) is 5.58. The van der Waals surface area contributed by atoms with Crippen molar-refractivity contribution in [1.82, 2.24) is 0 Å². The molecule has 0 bridgehead atoms. The average molecular weight is 319 g/mol. The molecule has 0 aliphatic rings. The molecule has 2 unspecified atom stereocenters. The molecule has 0 radical (unpaired) electrons. The van der Waals surface area contributed by atoms with Crippen molar-refractivity contribution >= 4 is 21.9 Å². The first-order chi connectivity index (χ1) is 8.49. The maximum atomic E-state index is 10.7. The predicted molar refractivity (Wildman–Crippen MR) is 69.1 cm³/mol. The quantitative estimate of drug-likeness (QED) is 0.684. The number of alkyl halides is 1. The number of hydrogen-bond donors (Lipinski definition) is 3. The number of aliphatic hydroxyl groups is 2. The number of aliphatic carboxylic acids is 1. The summed E-state index contributed by atoms with van der Waals surface area (Å²) >= 11 is 3.07. The Labute approximate surface area is 113 Å².